The predicted molar refractivity (Wildman–Crippen MR) is 77.0 cm³/mol. The van der Waals surface area contributed by atoms with Crippen molar-refractivity contribution < 1.29 is 14.3 Å². The number of carbonyl (C=O) groups is 2. The van der Waals surface area contributed by atoms with E-state index in [0.29, 0.717) is 0 Å². The molecule has 1 saturated heterocycles. The van der Waals surface area contributed by atoms with Crippen molar-refractivity contribution in [2.45, 2.75) is 45.2 Å². The lowest BCUT2D eigenvalue weighted by molar-refractivity contribution is -0.140. The molecule has 0 saturated carbocycles. The Morgan fingerprint density at radius 2 is 2.00 bits per heavy atom. The van der Waals surface area contributed by atoms with Crippen molar-refractivity contribution in [1.82, 2.24) is 9.88 Å². The number of nitrogens with zero attached hydrogens (tertiary/aromatic N) is 1. The maximum Gasteiger partial charge on any atom is 0.344 e. The summed E-state index contributed by atoms with van der Waals surface area (Å²) in [6.07, 6.45) is 4.46. The molecule has 2 heterocycles. The molecular formula is C15H20N2O4. The van der Waals surface area contributed by atoms with Crippen molar-refractivity contribution >= 4 is 11.9 Å². The average Bonchev–Trinajstić information content (AvgIpc) is 2.45. The standard InChI is InChI=1S/C15H20N2O4/c1-10-5-3-6-11(2)17(10)13(18)9-21-15(20)12-7-4-8-16-14(12)19/h4,7-8,10-11H,3,5-6,9H2,1-2H3,(H,16,19)/t10-,11-/m1/s1. The number of likely N-dealkylation sites (tertiary alicyclic amines) is 1. The SMILES string of the molecule is C[C@@H]1CCC[C@@H](C)N1C(=O)COC(=O)c1ccc[nH]c1=O. The number of rotatable bonds is 3. The molecule has 2 rings (SSSR count). The molecule has 1 aliphatic heterocycles. The highest BCUT2D eigenvalue weighted by Crippen LogP contribution is 2.22. The van der Waals surface area contributed by atoms with Crippen LogP contribution in [0.25, 0.3) is 0 Å². The number of pyridine rings is 1. The summed E-state index contributed by atoms with van der Waals surface area (Å²) in [5.41, 5.74) is -0.611. The average molecular weight is 292 g/mol. The van der Waals surface area contributed by atoms with Crippen molar-refractivity contribution in [3.8, 4) is 0 Å². The van der Waals surface area contributed by atoms with E-state index in [1.807, 2.05) is 13.8 Å². The molecule has 6 nitrogen and oxygen atoms in total. The van der Waals surface area contributed by atoms with Crippen LogP contribution in [0.3, 0.4) is 0 Å². The smallest absolute Gasteiger partial charge is 0.344 e. The van der Waals surface area contributed by atoms with Crippen LogP contribution in [0, 0.1) is 0 Å². The second-order valence-electron chi connectivity index (χ2n) is 5.42. The molecule has 114 valence electrons. The van der Waals surface area contributed by atoms with E-state index in [0.717, 1.165) is 19.3 Å². The second kappa shape index (κ2) is 6.56. The third kappa shape index (κ3) is 3.51. The number of carbonyl (C=O) groups excluding carboxylic acids is 2. The number of esters is 1. The summed E-state index contributed by atoms with van der Waals surface area (Å²) in [6.45, 7) is 3.66. The van der Waals surface area contributed by atoms with Crippen molar-refractivity contribution in [3.05, 3.63) is 34.2 Å². The molecule has 21 heavy (non-hydrogen) atoms. The summed E-state index contributed by atoms with van der Waals surface area (Å²) >= 11 is 0. The molecule has 0 unspecified atom stereocenters. The van der Waals surface area contributed by atoms with Gasteiger partial charge in [-0.15, -0.1) is 0 Å². The molecule has 0 radical (unpaired) electrons. The van der Waals surface area contributed by atoms with E-state index in [-0.39, 0.29) is 30.2 Å². The Hall–Kier alpha value is -2.11. The van der Waals surface area contributed by atoms with Gasteiger partial charge in [0.25, 0.3) is 11.5 Å². The molecule has 0 spiro atoms. The van der Waals surface area contributed by atoms with E-state index >= 15 is 0 Å². The molecule has 1 aromatic heterocycles. The molecule has 2 atom stereocenters. The van der Waals surface area contributed by atoms with E-state index in [2.05, 4.69) is 4.98 Å². The van der Waals surface area contributed by atoms with Crippen molar-refractivity contribution in [1.29, 1.82) is 0 Å². The van der Waals surface area contributed by atoms with Crippen LogP contribution in [0.15, 0.2) is 23.1 Å². The second-order valence-corrected chi connectivity index (χ2v) is 5.42. The van der Waals surface area contributed by atoms with Gasteiger partial charge in [0.2, 0.25) is 0 Å². The fourth-order valence-corrected chi connectivity index (χ4v) is 2.77. The number of hydrogen-bond donors (Lipinski definition) is 1. The minimum absolute atomic E-state index is 0.0926. The largest absolute Gasteiger partial charge is 0.452 e. The Bertz CT molecular complexity index is 571. The molecule has 0 aromatic carbocycles. The number of amides is 1. The predicted octanol–water partition coefficient (Wildman–Crippen LogP) is 1.32. The van der Waals surface area contributed by atoms with Crippen LogP contribution in [0.5, 0.6) is 0 Å². The van der Waals surface area contributed by atoms with E-state index in [9.17, 15) is 14.4 Å². The quantitative estimate of drug-likeness (QED) is 0.852. The molecular weight excluding hydrogens is 272 g/mol. The normalized spacial score (nSPS) is 21.9. The Morgan fingerprint density at radius 1 is 1.33 bits per heavy atom. The van der Waals surface area contributed by atoms with Crippen molar-refractivity contribution in [3.63, 3.8) is 0 Å². The van der Waals surface area contributed by atoms with Crippen LogP contribution in [0.2, 0.25) is 0 Å². The van der Waals surface area contributed by atoms with Gasteiger partial charge >= 0.3 is 5.97 Å². The Morgan fingerprint density at radius 3 is 2.62 bits per heavy atom. The third-order valence-corrected chi connectivity index (χ3v) is 3.85. The fourth-order valence-electron chi connectivity index (χ4n) is 2.77. The number of aromatic nitrogens is 1. The topological polar surface area (TPSA) is 79.5 Å². The van der Waals surface area contributed by atoms with Gasteiger partial charge in [-0.3, -0.25) is 9.59 Å². The summed E-state index contributed by atoms with van der Waals surface area (Å²) in [5.74, 6) is -0.988. The minimum atomic E-state index is -0.775. The lowest BCUT2D eigenvalue weighted by Crippen LogP contribution is -2.49. The van der Waals surface area contributed by atoms with E-state index < -0.39 is 11.5 Å². The third-order valence-electron chi connectivity index (χ3n) is 3.85. The van der Waals surface area contributed by atoms with E-state index in [1.165, 1.54) is 18.3 Å². The molecule has 1 fully saturated rings. The lowest BCUT2D eigenvalue weighted by Gasteiger charge is -2.38. The lowest BCUT2D eigenvalue weighted by atomic mass is 9.97. The number of H-pyrrole nitrogens is 1. The first kappa shape index (κ1) is 15.3. The Balaban J connectivity index is 1.96. The van der Waals surface area contributed by atoms with Gasteiger partial charge in [0.1, 0.15) is 5.56 Å². The first-order chi connectivity index (χ1) is 10.0. The van der Waals surface area contributed by atoms with Gasteiger partial charge in [-0.2, -0.15) is 0 Å². The first-order valence-electron chi connectivity index (χ1n) is 7.16. The van der Waals surface area contributed by atoms with Crippen molar-refractivity contribution in [2.75, 3.05) is 6.61 Å². The fraction of sp³-hybridized carbons (Fsp3) is 0.533. The minimum Gasteiger partial charge on any atom is -0.452 e. The Kier molecular flexibility index (Phi) is 4.77. The number of aromatic amines is 1. The van der Waals surface area contributed by atoms with Gasteiger partial charge < -0.3 is 14.6 Å². The van der Waals surface area contributed by atoms with Crippen LogP contribution >= 0.6 is 0 Å². The number of hydrogen-bond acceptors (Lipinski definition) is 4. The number of piperidine rings is 1. The zero-order valence-corrected chi connectivity index (χ0v) is 12.3. The number of nitrogens with one attached hydrogen (secondary N) is 1. The molecule has 1 amide bonds. The van der Waals surface area contributed by atoms with E-state index in [1.54, 1.807) is 4.90 Å². The molecule has 1 N–H and O–H groups in total. The van der Waals surface area contributed by atoms with Crippen LogP contribution in [-0.4, -0.2) is 40.5 Å². The molecule has 0 aliphatic carbocycles. The Labute approximate surface area is 123 Å². The van der Waals surface area contributed by atoms with Crippen LogP contribution in [0.4, 0.5) is 0 Å². The van der Waals surface area contributed by atoms with E-state index in [4.69, 9.17) is 4.74 Å². The van der Waals surface area contributed by atoms with Crippen LogP contribution < -0.4 is 5.56 Å². The van der Waals surface area contributed by atoms with Gasteiger partial charge in [-0.25, -0.2) is 4.79 Å². The molecule has 0 bridgehead atoms. The zero-order chi connectivity index (χ0) is 15.4. The first-order valence-corrected chi connectivity index (χ1v) is 7.16. The molecule has 1 aliphatic rings. The van der Waals surface area contributed by atoms with Gasteiger partial charge in [0, 0.05) is 18.3 Å². The van der Waals surface area contributed by atoms with Gasteiger partial charge in [0.05, 0.1) is 0 Å². The monoisotopic (exact) mass is 292 g/mol. The highest BCUT2D eigenvalue weighted by Gasteiger charge is 2.29. The highest BCUT2D eigenvalue weighted by atomic mass is 16.5. The molecule has 6 heteroatoms. The summed E-state index contributed by atoms with van der Waals surface area (Å²) in [7, 11) is 0. The van der Waals surface area contributed by atoms with Crippen LogP contribution in [0.1, 0.15) is 43.5 Å². The summed E-state index contributed by atoms with van der Waals surface area (Å²) < 4.78 is 4.97. The maximum absolute atomic E-state index is 12.2. The zero-order valence-electron chi connectivity index (χ0n) is 12.3. The van der Waals surface area contributed by atoms with Gasteiger partial charge in [-0.1, -0.05) is 0 Å². The summed E-state index contributed by atoms with van der Waals surface area (Å²) in [6, 6.07) is 3.21. The maximum atomic E-state index is 12.2. The van der Waals surface area contributed by atoms with Gasteiger partial charge in [0.15, 0.2) is 6.61 Å². The van der Waals surface area contributed by atoms with Gasteiger partial charge in [-0.05, 0) is 45.2 Å². The van der Waals surface area contributed by atoms with Crippen molar-refractivity contribution in [2.24, 2.45) is 0 Å². The summed E-state index contributed by atoms with van der Waals surface area (Å²) in [5, 5.41) is 0. The number of ether oxygens (including phenoxy) is 1. The summed E-state index contributed by atoms with van der Waals surface area (Å²) in [4.78, 5) is 39.6. The van der Waals surface area contributed by atoms with Crippen LogP contribution in [-0.2, 0) is 9.53 Å². The molecule has 1 aromatic rings. The highest BCUT2D eigenvalue weighted by molar-refractivity contribution is 5.91.